The number of nitrogens with zero attached hydrogens (tertiary/aromatic N) is 2. The van der Waals surface area contributed by atoms with Gasteiger partial charge >= 0.3 is 11.9 Å². The van der Waals surface area contributed by atoms with Crippen molar-refractivity contribution in [1.29, 1.82) is 5.26 Å². The lowest BCUT2D eigenvalue weighted by Gasteiger charge is -2.10. The number of rotatable bonds is 6. The zero-order valence-corrected chi connectivity index (χ0v) is 17.5. The number of nitrogens with two attached hydrogens (primary N) is 1. The second-order valence-electron chi connectivity index (χ2n) is 6.24. The monoisotopic (exact) mass is 425 g/mol. The van der Waals surface area contributed by atoms with Crippen LogP contribution < -0.4 is 10.5 Å². The number of carbonyl (C=O) groups excluding carboxylic acids is 2. The molecule has 3 aromatic rings. The number of methoxy groups -OCH3 is 1. The molecule has 0 radical (unpaired) electrons. The van der Waals surface area contributed by atoms with Gasteiger partial charge in [0.2, 0.25) is 0 Å². The topological polar surface area (TPSA) is 125 Å². The van der Waals surface area contributed by atoms with Crippen LogP contribution in [-0.2, 0) is 16.1 Å². The molecule has 0 saturated carbocycles. The lowest BCUT2D eigenvalue weighted by molar-refractivity contribution is 0.0451. The van der Waals surface area contributed by atoms with E-state index in [1.165, 1.54) is 0 Å². The molecule has 2 N–H and O–H groups in total. The number of hydrogen-bond acceptors (Lipinski definition) is 9. The first-order valence-electron chi connectivity index (χ1n) is 9.00. The van der Waals surface area contributed by atoms with Crippen LogP contribution in [0.25, 0.3) is 10.9 Å². The van der Waals surface area contributed by atoms with Crippen molar-refractivity contribution in [3.63, 3.8) is 0 Å². The van der Waals surface area contributed by atoms with Crippen molar-refractivity contribution in [2.45, 2.75) is 20.5 Å². The Morgan fingerprint density at radius 3 is 2.67 bits per heavy atom. The normalized spacial score (nSPS) is 10.5. The highest BCUT2D eigenvalue weighted by molar-refractivity contribution is 7.18. The molecule has 0 unspecified atom stereocenters. The van der Waals surface area contributed by atoms with E-state index in [0.717, 1.165) is 16.7 Å². The van der Waals surface area contributed by atoms with Crippen molar-refractivity contribution in [2.24, 2.45) is 0 Å². The highest BCUT2D eigenvalue weighted by Gasteiger charge is 2.24. The smallest absolute Gasteiger partial charge is 0.348 e. The molecule has 1 aromatic carbocycles. The highest BCUT2D eigenvalue weighted by atomic mass is 32.1. The van der Waals surface area contributed by atoms with Crippen LogP contribution in [0.1, 0.15) is 43.8 Å². The first kappa shape index (κ1) is 21.1. The van der Waals surface area contributed by atoms with Crippen molar-refractivity contribution in [3.05, 3.63) is 51.5 Å². The zero-order valence-electron chi connectivity index (χ0n) is 16.6. The molecule has 0 bridgehead atoms. The molecule has 9 heteroatoms. The molecule has 0 spiro atoms. The Morgan fingerprint density at radius 2 is 2.00 bits per heavy atom. The van der Waals surface area contributed by atoms with E-state index >= 15 is 0 Å². The molecular weight excluding hydrogens is 406 g/mol. The molecule has 0 aliphatic rings. The fraction of sp³-hybridized carbons (Fsp3) is 0.238. The summed E-state index contributed by atoms with van der Waals surface area (Å²) in [4.78, 5) is 29.5. The second kappa shape index (κ2) is 8.80. The van der Waals surface area contributed by atoms with Gasteiger partial charge in [-0.1, -0.05) is 0 Å². The number of esters is 2. The van der Waals surface area contributed by atoms with Crippen LogP contribution >= 0.6 is 11.3 Å². The molecule has 3 rings (SSSR count). The number of aryl methyl sites for hydroxylation is 1. The van der Waals surface area contributed by atoms with Gasteiger partial charge in [-0.25, -0.2) is 9.59 Å². The second-order valence-corrected chi connectivity index (χ2v) is 7.29. The van der Waals surface area contributed by atoms with Crippen LogP contribution in [0.4, 0.5) is 5.00 Å². The summed E-state index contributed by atoms with van der Waals surface area (Å²) in [6.07, 6.45) is 0. The van der Waals surface area contributed by atoms with Gasteiger partial charge in [-0.3, -0.25) is 4.98 Å². The highest BCUT2D eigenvalue weighted by Crippen LogP contribution is 2.32. The fourth-order valence-electron chi connectivity index (χ4n) is 2.91. The molecule has 0 fully saturated rings. The molecule has 0 aliphatic carbocycles. The molecule has 0 saturated heterocycles. The quantitative estimate of drug-likeness (QED) is 0.594. The Balaban J connectivity index is 1.90. The van der Waals surface area contributed by atoms with E-state index in [1.807, 2.05) is 6.07 Å². The van der Waals surface area contributed by atoms with Crippen LogP contribution in [-0.4, -0.2) is 30.6 Å². The van der Waals surface area contributed by atoms with E-state index in [9.17, 15) is 14.9 Å². The molecule has 154 valence electrons. The third-order valence-electron chi connectivity index (χ3n) is 4.39. The summed E-state index contributed by atoms with van der Waals surface area (Å²) in [5.41, 5.74) is 7.67. The van der Waals surface area contributed by atoms with E-state index in [4.69, 9.17) is 19.9 Å². The van der Waals surface area contributed by atoms with Crippen molar-refractivity contribution in [1.82, 2.24) is 4.98 Å². The summed E-state index contributed by atoms with van der Waals surface area (Å²) < 4.78 is 15.6. The number of hydrogen-bond donors (Lipinski definition) is 1. The Hall–Kier alpha value is -3.64. The van der Waals surface area contributed by atoms with Gasteiger partial charge in [0.25, 0.3) is 0 Å². The molecule has 2 heterocycles. The first-order valence-corrected chi connectivity index (χ1v) is 9.82. The average molecular weight is 425 g/mol. The molecule has 2 aromatic heterocycles. The van der Waals surface area contributed by atoms with E-state index in [1.54, 1.807) is 45.2 Å². The number of benzene rings is 1. The summed E-state index contributed by atoms with van der Waals surface area (Å²) >= 11 is 0.933. The maximum Gasteiger partial charge on any atom is 0.348 e. The van der Waals surface area contributed by atoms with Crippen molar-refractivity contribution < 1.29 is 23.8 Å². The standard InChI is InChI=1S/C21H19N3O5S/c1-4-28-21(26)18-16(15(9-22)19(23)30-18)10-29-20(25)14-8-12-7-13(27-3)5-6-17(12)24-11(14)2/h5-8H,4,10,23H2,1-3H3. The van der Waals surface area contributed by atoms with Crippen LogP contribution in [0.2, 0.25) is 0 Å². The largest absolute Gasteiger partial charge is 0.497 e. The third-order valence-corrected chi connectivity index (χ3v) is 5.43. The van der Waals surface area contributed by atoms with Crippen LogP contribution in [0.5, 0.6) is 5.75 Å². The van der Waals surface area contributed by atoms with E-state index < -0.39 is 11.9 Å². The predicted octanol–water partition coefficient (Wildman–Crippen LogP) is 3.60. The number of nitrogen functional groups attached to an aromatic ring is 1. The van der Waals surface area contributed by atoms with Crippen molar-refractivity contribution >= 4 is 39.2 Å². The lowest BCUT2D eigenvalue weighted by Crippen LogP contribution is -2.11. The van der Waals surface area contributed by atoms with Gasteiger partial charge in [-0.15, -0.1) is 11.3 Å². The van der Waals surface area contributed by atoms with Crippen molar-refractivity contribution in [2.75, 3.05) is 19.5 Å². The Bertz CT molecular complexity index is 1180. The summed E-state index contributed by atoms with van der Waals surface area (Å²) in [7, 11) is 1.55. The number of nitriles is 1. The number of aromatic nitrogens is 1. The Morgan fingerprint density at radius 1 is 1.23 bits per heavy atom. The fourth-order valence-corrected chi connectivity index (χ4v) is 3.82. The maximum absolute atomic E-state index is 12.7. The summed E-state index contributed by atoms with van der Waals surface area (Å²) in [5.74, 6) is -0.607. The molecule has 0 aliphatic heterocycles. The number of carbonyl (C=O) groups is 2. The van der Waals surface area contributed by atoms with Gasteiger partial charge in [0.15, 0.2) is 0 Å². The SMILES string of the molecule is CCOC(=O)c1sc(N)c(C#N)c1COC(=O)c1cc2cc(OC)ccc2nc1C. The Labute approximate surface area is 176 Å². The van der Waals surface area contributed by atoms with Gasteiger partial charge in [-0.2, -0.15) is 5.26 Å². The first-order chi connectivity index (χ1) is 14.4. The van der Waals surface area contributed by atoms with Gasteiger partial charge < -0.3 is 19.9 Å². The number of anilines is 1. The van der Waals surface area contributed by atoms with E-state index in [0.29, 0.717) is 17.0 Å². The summed E-state index contributed by atoms with van der Waals surface area (Å²) in [6.45, 7) is 3.25. The molecule has 0 amide bonds. The summed E-state index contributed by atoms with van der Waals surface area (Å²) in [6, 6.07) is 8.98. The maximum atomic E-state index is 12.7. The molecule has 8 nitrogen and oxygen atoms in total. The third kappa shape index (κ3) is 4.04. The minimum Gasteiger partial charge on any atom is -0.497 e. The minimum atomic E-state index is -0.631. The predicted molar refractivity (Wildman–Crippen MR) is 112 cm³/mol. The number of ether oxygens (including phenoxy) is 3. The molecule has 0 atom stereocenters. The van der Waals surface area contributed by atoms with Crippen molar-refractivity contribution in [3.8, 4) is 11.8 Å². The number of pyridine rings is 1. The van der Waals surface area contributed by atoms with Gasteiger partial charge in [0.05, 0.1) is 36.1 Å². The van der Waals surface area contributed by atoms with Gasteiger partial charge in [0, 0.05) is 10.9 Å². The molecular formula is C21H19N3O5S. The number of thiophene rings is 1. The number of fused-ring (bicyclic) bond motifs is 1. The minimum absolute atomic E-state index is 0.106. The van der Waals surface area contributed by atoms with Gasteiger partial charge in [-0.05, 0) is 38.1 Å². The molecule has 30 heavy (non-hydrogen) atoms. The van der Waals surface area contributed by atoms with Gasteiger partial charge in [0.1, 0.15) is 28.3 Å². The lowest BCUT2D eigenvalue weighted by atomic mass is 10.1. The van der Waals surface area contributed by atoms with Crippen LogP contribution in [0.15, 0.2) is 24.3 Å². The zero-order chi connectivity index (χ0) is 21.8. The summed E-state index contributed by atoms with van der Waals surface area (Å²) in [5, 5.41) is 10.3. The van der Waals surface area contributed by atoms with Crippen LogP contribution in [0.3, 0.4) is 0 Å². The van der Waals surface area contributed by atoms with E-state index in [2.05, 4.69) is 4.98 Å². The average Bonchev–Trinajstić information content (AvgIpc) is 3.06. The van der Waals surface area contributed by atoms with Crippen LogP contribution in [0, 0.1) is 18.3 Å². The van der Waals surface area contributed by atoms with E-state index in [-0.39, 0.29) is 39.8 Å². The Kier molecular flexibility index (Phi) is 6.18.